The van der Waals surface area contributed by atoms with Crippen molar-refractivity contribution in [2.24, 2.45) is 0 Å². The molecule has 2 heterocycles. The molecule has 0 amide bonds. The van der Waals surface area contributed by atoms with Gasteiger partial charge in [0, 0.05) is 22.2 Å². The van der Waals surface area contributed by atoms with Crippen LogP contribution in [0, 0.1) is 0 Å². The molecule has 3 N–H and O–H groups in total. The number of aromatic nitrogens is 5. The van der Waals surface area contributed by atoms with Crippen molar-refractivity contribution in [1.29, 1.82) is 0 Å². The van der Waals surface area contributed by atoms with Gasteiger partial charge in [-0.3, -0.25) is 4.79 Å². The number of nitrogens with zero attached hydrogens (tertiary/aromatic N) is 4. The van der Waals surface area contributed by atoms with Crippen LogP contribution in [0.4, 0.5) is 0 Å². The van der Waals surface area contributed by atoms with Gasteiger partial charge in [-0.1, -0.05) is 52.0 Å². The Hall–Kier alpha value is -2.65. The Bertz CT molecular complexity index is 1170. The quantitative estimate of drug-likeness (QED) is 0.363. The summed E-state index contributed by atoms with van der Waals surface area (Å²) in [7, 11) is 0. The third-order valence-corrected chi connectivity index (χ3v) is 5.65. The van der Waals surface area contributed by atoms with E-state index in [2.05, 4.69) is 36.1 Å². The SMILES string of the molecule is Nn1c(SCCc2nc3ccccc3c(=O)[nH]2)nnc1-c1ccccc1Br. The standard InChI is InChI=1S/C18H15BrN6OS/c19-13-7-3-1-5-11(13)16-23-24-18(25(16)20)27-10-9-15-21-14-8-4-2-6-12(14)17(26)22-15/h1-8H,9-10,20H2,(H,21,22,26). The third-order valence-electron chi connectivity index (χ3n) is 4.01. The molecule has 2 aromatic heterocycles. The van der Waals surface area contributed by atoms with Gasteiger partial charge in [-0.25, -0.2) is 9.66 Å². The molecule has 4 rings (SSSR count). The van der Waals surface area contributed by atoms with Crippen LogP contribution in [0.3, 0.4) is 0 Å². The van der Waals surface area contributed by atoms with E-state index in [-0.39, 0.29) is 5.56 Å². The Balaban J connectivity index is 1.49. The maximum Gasteiger partial charge on any atom is 0.258 e. The first kappa shape index (κ1) is 17.7. The molecule has 0 aliphatic heterocycles. The number of halogens is 1. The second-order valence-electron chi connectivity index (χ2n) is 5.78. The first-order valence-corrected chi connectivity index (χ1v) is 9.97. The smallest absolute Gasteiger partial charge is 0.258 e. The highest BCUT2D eigenvalue weighted by Crippen LogP contribution is 2.28. The van der Waals surface area contributed by atoms with Crippen molar-refractivity contribution in [1.82, 2.24) is 24.8 Å². The summed E-state index contributed by atoms with van der Waals surface area (Å²) in [6.45, 7) is 0. The van der Waals surface area contributed by atoms with Gasteiger partial charge >= 0.3 is 0 Å². The minimum absolute atomic E-state index is 0.126. The molecule has 136 valence electrons. The van der Waals surface area contributed by atoms with Gasteiger partial charge < -0.3 is 10.8 Å². The number of nitrogen functional groups attached to an aromatic ring is 1. The fraction of sp³-hybridized carbons (Fsp3) is 0.111. The van der Waals surface area contributed by atoms with Gasteiger partial charge in [-0.2, -0.15) is 0 Å². The van der Waals surface area contributed by atoms with Crippen molar-refractivity contribution in [3.63, 3.8) is 0 Å². The summed E-state index contributed by atoms with van der Waals surface area (Å²) in [6, 6.07) is 15.0. The predicted molar refractivity (Wildman–Crippen MR) is 110 cm³/mol. The van der Waals surface area contributed by atoms with E-state index in [9.17, 15) is 4.79 Å². The van der Waals surface area contributed by atoms with Gasteiger partial charge in [-0.05, 0) is 24.3 Å². The molecule has 0 fully saturated rings. The Labute approximate surface area is 167 Å². The van der Waals surface area contributed by atoms with Gasteiger partial charge in [0.1, 0.15) is 5.82 Å². The molecule has 0 spiro atoms. The summed E-state index contributed by atoms with van der Waals surface area (Å²) in [6.07, 6.45) is 0.585. The predicted octanol–water partition coefficient (Wildman–Crippen LogP) is 2.99. The number of hydrogen-bond acceptors (Lipinski definition) is 6. The maximum absolute atomic E-state index is 12.1. The van der Waals surface area contributed by atoms with E-state index >= 15 is 0 Å². The minimum atomic E-state index is -0.126. The minimum Gasteiger partial charge on any atom is -0.335 e. The second-order valence-corrected chi connectivity index (χ2v) is 7.70. The molecule has 0 saturated heterocycles. The highest BCUT2D eigenvalue weighted by atomic mass is 79.9. The van der Waals surface area contributed by atoms with E-state index in [0.717, 1.165) is 10.0 Å². The molecular formula is C18H15BrN6OS. The van der Waals surface area contributed by atoms with Crippen molar-refractivity contribution >= 4 is 38.6 Å². The van der Waals surface area contributed by atoms with Crippen LogP contribution in [0.2, 0.25) is 0 Å². The zero-order valence-corrected chi connectivity index (χ0v) is 16.5. The highest BCUT2D eigenvalue weighted by molar-refractivity contribution is 9.10. The average Bonchev–Trinajstić information content (AvgIpc) is 3.03. The molecule has 0 bridgehead atoms. The Morgan fingerprint density at radius 3 is 2.74 bits per heavy atom. The van der Waals surface area contributed by atoms with Gasteiger partial charge in [0.15, 0.2) is 5.82 Å². The Morgan fingerprint density at radius 2 is 1.89 bits per heavy atom. The lowest BCUT2D eigenvalue weighted by molar-refractivity contribution is 0.846. The van der Waals surface area contributed by atoms with Crippen LogP contribution in [0.5, 0.6) is 0 Å². The summed E-state index contributed by atoms with van der Waals surface area (Å²) >= 11 is 4.96. The first-order valence-electron chi connectivity index (χ1n) is 8.19. The summed E-state index contributed by atoms with van der Waals surface area (Å²) in [5.74, 6) is 8.04. The number of nitrogens with two attached hydrogens (primary N) is 1. The number of rotatable bonds is 5. The fourth-order valence-electron chi connectivity index (χ4n) is 2.69. The van der Waals surface area contributed by atoms with Gasteiger partial charge in [-0.15, -0.1) is 10.2 Å². The summed E-state index contributed by atoms with van der Waals surface area (Å²) in [5, 5.41) is 9.55. The number of fused-ring (bicyclic) bond motifs is 1. The van der Waals surface area contributed by atoms with Gasteiger partial charge in [0.25, 0.3) is 5.56 Å². The maximum atomic E-state index is 12.1. The monoisotopic (exact) mass is 442 g/mol. The number of aryl methyl sites for hydroxylation is 1. The molecule has 27 heavy (non-hydrogen) atoms. The topological polar surface area (TPSA) is 102 Å². The third kappa shape index (κ3) is 3.60. The molecule has 0 aliphatic carbocycles. The number of benzene rings is 2. The molecule has 9 heteroatoms. The number of para-hydroxylation sites is 1. The number of thioether (sulfide) groups is 1. The lowest BCUT2D eigenvalue weighted by atomic mass is 10.2. The fourth-order valence-corrected chi connectivity index (χ4v) is 3.96. The average molecular weight is 443 g/mol. The van der Waals surface area contributed by atoms with Crippen molar-refractivity contribution < 1.29 is 0 Å². The molecule has 2 aromatic carbocycles. The molecule has 0 atom stereocenters. The molecule has 0 unspecified atom stereocenters. The largest absolute Gasteiger partial charge is 0.335 e. The van der Waals surface area contributed by atoms with Crippen LogP contribution in [-0.4, -0.2) is 30.6 Å². The molecular weight excluding hydrogens is 428 g/mol. The number of hydrogen-bond donors (Lipinski definition) is 2. The van der Waals surface area contributed by atoms with Crippen molar-refractivity contribution in [3.8, 4) is 11.4 Å². The molecule has 0 aliphatic rings. The van der Waals surface area contributed by atoms with Crippen LogP contribution in [0.1, 0.15) is 5.82 Å². The Kier molecular flexibility index (Phi) is 4.95. The number of aromatic amines is 1. The van der Waals surface area contributed by atoms with E-state index in [1.807, 2.05) is 42.5 Å². The molecule has 4 aromatic rings. The van der Waals surface area contributed by atoms with Crippen LogP contribution in [0.15, 0.2) is 63.0 Å². The molecule has 7 nitrogen and oxygen atoms in total. The van der Waals surface area contributed by atoms with Crippen LogP contribution < -0.4 is 11.4 Å². The summed E-state index contributed by atoms with van der Waals surface area (Å²) in [4.78, 5) is 19.5. The summed E-state index contributed by atoms with van der Waals surface area (Å²) in [5.41, 5.74) is 1.44. The van der Waals surface area contributed by atoms with Crippen molar-refractivity contribution in [3.05, 3.63) is 69.2 Å². The lowest BCUT2D eigenvalue weighted by Gasteiger charge is -2.05. The molecule has 0 radical (unpaired) electrons. The van der Waals surface area contributed by atoms with Crippen molar-refractivity contribution in [2.75, 3.05) is 11.6 Å². The van der Waals surface area contributed by atoms with E-state index in [1.165, 1.54) is 16.4 Å². The van der Waals surface area contributed by atoms with Crippen molar-refractivity contribution in [2.45, 2.75) is 11.6 Å². The zero-order valence-electron chi connectivity index (χ0n) is 14.1. The van der Waals surface area contributed by atoms with Crippen LogP contribution in [-0.2, 0) is 6.42 Å². The highest BCUT2D eigenvalue weighted by Gasteiger charge is 2.14. The Morgan fingerprint density at radius 1 is 1.11 bits per heavy atom. The number of nitrogens with one attached hydrogen (secondary N) is 1. The van der Waals surface area contributed by atoms with Gasteiger partial charge in [0.2, 0.25) is 5.16 Å². The normalized spacial score (nSPS) is 11.1. The van der Waals surface area contributed by atoms with E-state index in [0.29, 0.717) is 39.9 Å². The molecule has 0 saturated carbocycles. The van der Waals surface area contributed by atoms with E-state index in [4.69, 9.17) is 5.84 Å². The van der Waals surface area contributed by atoms with Gasteiger partial charge in [0.05, 0.1) is 10.9 Å². The van der Waals surface area contributed by atoms with Crippen LogP contribution in [0.25, 0.3) is 22.3 Å². The van der Waals surface area contributed by atoms with E-state index in [1.54, 1.807) is 6.07 Å². The lowest BCUT2D eigenvalue weighted by Crippen LogP contribution is -2.13. The second kappa shape index (κ2) is 7.53. The van der Waals surface area contributed by atoms with E-state index < -0.39 is 0 Å². The number of H-pyrrole nitrogens is 1. The zero-order chi connectivity index (χ0) is 18.8. The summed E-state index contributed by atoms with van der Waals surface area (Å²) < 4.78 is 2.38. The first-order chi connectivity index (χ1) is 13.1. The van der Waals surface area contributed by atoms with Crippen LogP contribution >= 0.6 is 27.7 Å².